The number of benzene rings is 1. The first kappa shape index (κ1) is 13.9. The fourth-order valence-electron chi connectivity index (χ4n) is 1.48. The normalized spacial score (nSPS) is 10.6. The van der Waals surface area contributed by atoms with Crippen LogP contribution >= 0.6 is 15.9 Å². The van der Waals surface area contributed by atoms with Crippen molar-refractivity contribution >= 4 is 22.0 Å². The van der Waals surface area contributed by atoms with E-state index >= 15 is 0 Å². The van der Waals surface area contributed by atoms with Crippen molar-refractivity contribution in [2.24, 2.45) is 5.73 Å². The minimum Gasteiger partial charge on any atom is -0.495 e. The molecule has 0 aliphatic carbocycles. The van der Waals surface area contributed by atoms with Crippen LogP contribution in [0.15, 0.2) is 16.6 Å². The molecular weight excluding hydrogens is 286 g/mol. The molecule has 0 saturated carbocycles. The van der Waals surface area contributed by atoms with Crippen molar-refractivity contribution in [2.75, 3.05) is 27.9 Å². The molecule has 0 unspecified atom stereocenters. The van der Waals surface area contributed by atoms with Crippen LogP contribution in [0.3, 0.4) is 0 Å². The summed E-state index contributed by atoms with van der Waals surface area (Å²) < 4.78 is 16.6. The first-order valence-electron chi connectivity index (χ1n) is 5.04. The van der Waals surface area contributed by atoms with Gasteiger partial charge in [-0.2, -0.15) is 0 Å². The molecule has 0 bridgehead atoms. The van der Waals surface area contributed by atoms with Crippen LogP contribution in [0.1, 0.15) is 5.56 Å². The van der Waals surface area contributed by atoms with Crippen LogP contribution < -0.4 is 19.9 Å². The summed E-state index contributed by atoms with van der Waals surface area (Å²) in [6.07, 6.45) is 3.72. The van der Waals surface area contributed by atoms with Crippen molar-refractivity contribution in [3.05, 3.63) is 22.2 Å². The van der Waals surface area contributed by atoms with Gasteiger partial charge in [-0.25, -0.2) is 0 Å². The number of hydrogen-bond donors (Lipinski definition) is 1. The second kappa shape index (κ2) is 6.51. The highest BCUT2D eigenvalue weighted by Gasteiger charge is 2.17. The van der Waals surface area contributed by atoms with Gasteiger partial charge in [0.1, 0.15) is 10.2 Å². The molecule has 2 N–H and O–H groups in total. The number of hydrogen-bond acceptors (Lipinski definition) is 4. The third-order valence-corrected chi connectivity index (χ3v) is 2.95. The van der Waals surface area contributed by atoms with Crippen molar-refractivity contribution in [3.8, 4) is 17.2 Å². The van der Waals surface area contributed by atoms with Gasteiger partial charge >= 0.3 is 0 Å². The average Bonchev–Trinajstić information content (AvgIpc) is 2.35. The van der Waals surface area contributed by atoms with Crippen molar-refractivity contribution in [1.82, 2.24) is 0 Å². The van der Waals surface area contributed by atoms with Crippen LogP contribution in [-0.2, 0) is 0 Å². The summed E-state index contributed by atoms with van der Waals surface area (Å²) in [4.78, 5) is 0. The van der Waals surface area contributed by atoms with E-state index in [0.717, 1.165) is 10.0 Å². The summed E-state index contributed by atoms with van der Waals surface area (Å²) >= 11 is 3.44. The van der Waals surface area contributed by atoms with E-state index in [-0.39, 0.29) is 0 Å². The van der Waals surface area contributed by atoms with Crippen molar-refractivity contribution < 1.29 is 14.2 Å². The molecule has 94 valence electrons. The summed E-state index contributed by atoms with van der Waals surface area (Å²) in [7, 11) is 4.77. The van der Waals surface area contributed by atoms with Gasteiger partial charge in [-0.05, 0) is 22.0 Å². The minimum atomic E-state index is 0.467. The van der Waals surface area contributed by atoms with Crippen LogP contribution in [0, 0.1) is 0 Å². The van der Waals surface area contributed by atoms with E-state index in [2.05, 4.69) is 15.9 Å². The third-order valence-electron chi connectivity index (χ3n) is 2.23. The molecule has 0 fully saturated rings. The molecular formula is C12H16BrNO3. The molecule has 0 saturated heterocycles. The minimum absolute atomic E-state index is 0.467. The van der Waals surface area contributed by atoms with Crippen molar-refractivity contribution in [3.63, 3.8) is 0 Å². The van der Waals surface area contributed by atoms with Gasteiger partial charge in [0.05, 0.1) is 21.3 Å². The zero-order chi connectivity index (χ0) is 12.8. The Bertz CT molecular complexity index is 419. The standard InChI is InChI=1S/C12H16BrNO3/c1-15-9-7-8(5-4-6-14)11(16-2)10(13)12(9)17-3/h4-5,7H,6,14H2,1-3H3/b5-4+. The van der Waals surface area contributed by atoms with Crippen LogP contribution in [0.25, 0.3) is 6.08 Å². The number of rotatable bonds is 5. The molecule has 0 radical (unpaired) electrons. The summed E-state index contributed by atoms with van der Waals surface area (Å²) in [5, 5.41) is 0. The van der Waals surface area contributed by atoms with Gasteiger partial charge in [0.2, 0.25) is 0 Å². The van der Waals surface area contributed by atoms with E-state index in [1.807, 2.05) is 18.2 Å². The maximum atomic E-state index is 5.44. The lowest BCUT2D eigenvalue weighted by molar-refractivity contribution is 0.345. The predicted octanol–water partition coefficient (Wildman–Crippen LogP) is 2.45. The molecule has 0 heterocycles. The molecule has 0 aliphatic heterocycles. The molecule has 0 aliphatic rings. The lowest BCUT2D eigenvalue weighted by atomic mass is 10.1. The smallest absolute Gasteiger partial charge is 0.178 e. The quantitative estimate of drug-likeness (QED) is 0.907. The molecule has 0 atom stereocenters. The van der Waals surface area contributed by atoms with Crippen LogP contribution in [0.5, 0.6) is 17.2 Å². The fraction of sp³-hybridized carbons (Fsp3) is 0.333. The average molecular weight is 302 g/mol. The van der Waals surface area contributed by atoms with Gasteiger partial charge < -0.3 is 19.9 Å². The monoisotopic (exact) mass is 301 g/mol. The second-order valence-corrected chi connectivity index (χ2v) is 3.98. The van der Waals surface area contributed by atoms with Crippen molar-refractivity contribution in [1.29, 1.82) is 0 Å². The first-order chi connectivity index (χ1) is 8.19. The second-order valence-electron chi connectivity index (χ2n) is 3.19. The van der Waals surface area contributed by atoms with E-state index in [1.54, 1.807) is 21.3 Å². The van der Waals surface area contributed by atoms with Gasteiger partial charge in [-0.15, -0.1) is 0 Å². The number of ether oxygens (including phenoxy) is 3. The van der Waals surface area contributed by atoms with Gasteiger partial charge in [0, 0.05) is 12.1 Å². The molecule has 5 heteroatoms. The topological polar surface area (TPSA) is 53.7 Å². The largest absolute Gasteiger partial charge is 0.495 e. The fourth-order valence-corrected chi connectivity index (χ4v) is 2.23. The zero-order valence-corrected chi connectivity index (χ0v) is 11.7. The summed E-state index contributed by atoms with van der Waals surface area (Å²) in [6.45, 7) is 0.467. The molecule has 0 aromatic heterocycles. The Morgan fingerprint density at radius 3 is 2.29 bits per heavy atom. The summed E-state index contributed by atoms with van der Waals surface area (Å²) in [5.41, 5.74) is 6.31. The maximum absolute atomic E-state index is 5.44. The predicted molar refractivity (Wildman–Crippen MR) is 71.9 cm³/mol. The van der Waals surface area contributed by atoms with E-state index in [0.29, 0.717) is 23.8 Å². The van der Waals surface area contributed by atoms with Crippen LogP contribution in [0.4, 0.5) is 0 Å². The van der Waals surface area contributed by atoms with Crippen LogP contribution in [0.2, 0.25) is 0 Å². The lowest BCUT2D eigenvalue weighted by Gasteiger charge is -2.15. The summed E-state index contributed by atoms with van der Waals surface area (Å²) in [6, 6.07) is 1.84. The Morgan fingerprint density at radius 1 is 1.18 bits per heavy atom. The molecule has 1 rings (SSSR count). The number of methoxy groups -OCH3 is 3. The first-order valence-corrected chi connectivity index (χ1v) is 5.83. The number of nitrogens with two attached hydrogens (primary N) is 1. The zero-order valence-electron chi connectivity index (χ0n) is 10.1. The van der Waals surface area contributed by atoms with Crippen LogP contribution in [-0.4, -0.2) is 27.9 Å². The molecule has 17 heavy (non-hydrogen) atoms. The Labute approximate surface area is 109 Å². The Kier molecular flexibility index (Phi) is 5.31. The van der Waals surface area contributed by atoms with Crippen molar-refractivity contribution in [2.45, 2.75) is 0 Å². The van der Waals surface area contributed by atoms with E-state index in [9.17, 15) is 0 Å². The Balaban J connectivity index is 3.39. The SMILES string of the molecule is COc1cc(/C=C/CN)c(OC)c(Br)c1OC. The molecule has 0 amide bonds. The highest BCUT2D eigenvalue weighted by molar-refractivity contribution is 9.10. The molecule has 1 aromatic rings. The summed E-state index contributed by atoms with van der Waals surface area (Å²) in [5.74, 6) is 1.93. The van der Waals surface area contributed by atoms with Gasteiger partial charge in [0.25, 0.3) is 0 Å². The van der Waals surface area contributed by atoms with E-state index < -0.39 is 0 Å². The highest BCUT2D eigenvalue weighted by Crippen LogP contribution is 2.44. The maximum Gasteiger partial charge on any atom is 0.178 e. The highest BCUT2D eigenvalue weighted by atomic mass is 79.9. The van der Waals surface area contributed by atoms with Gasteiger partial charge in [-0.1, -0.05) is 12.2 Å². The van der Waals surface area contributed by atoms with Gasteiger partial charge in [-0.3, -0.25) is 0 Å². The molecule has 1 aromatic carbocycles. The van der Waals surface area contributed by atoms with E-state index in [1.165, 1.54) is 0 Å². The molecule has 0 spiro atoms. The van der Waals surface area contributed by atoms with E-state index in [4.69, 9.17) is 19.9 Å². The third kappa shape index (κ3) is 2.92. The Morgan fingerprint density at radius 2 is 1.82 bits per heavy atom. The lowest BCUT2D eigenvalue weighted by Crippen LogP contribution is -1.97. The van der Waals surface area contributed by atoms with Gasteiger partial charge in [0.15, 0.2) is 11.5 Å². The Hall–Kier alpha value is -1.20. The number of halogens is 1. The molecule has 4 nitrogen and oxygen atoms in total.